The van der Waals surface area contributed by atoms with Crippen LogP contribution in [0.4, 0.5) is 0 Å². The number of hydrogen-bond acceptors (Lipinski definition) is 4. The molecular weight excluding hydrogens is 350 g/mol. The van der Waals surface area contributed by atoms with E-state index in [1.165, 1.54) is 4.88 Å². The fraction of sp³-hybridized carbons (Fsp3) is 0.700. The quantitative estimate of drug-likeness (QED) is 0.539. The summed E-state index contributed by atoms with van der Waals surface area (Å²) in [5.74, 6) is -0.503. The zero-order valence-corrected chi connectivity index (χ0v) is 16.3. The first-order valence-electron chi connectivity index (χ1n) is 9.78. The first kappa shape index (κ1) is 20.9. The van der Waals surface area contributed by atoms with Crippen LogP contribution in [-0.4, -0.2) is 45.7 Å². The number of aliphatic hydroxyl groups is 1. The summed E-state index contributed by atoms with van der Waals surface area (Å²) in [4.78, 5) is 26.0. The van der Waals surface area contributed by atoms with Gasteiger partial charge in [0.05, 0.1) is 6.10 Å². The lowest BCUT2D eigenvalue weighted by Crippen LogP contribution is -2.44. The summed E-state index contributed by atoms with van der Waals surface area (Å²) < 4.78 is 0. The van der Waals surface area contributed by atoms with E-state index in [2.05, 4.69) is 6.07 Å². The zero-order chi connectivity index (χ0) is 18.8. The second-order valence-electron chi connectivity index (χ2n) is 7.21. The molecule has 2 N–H and O–H groups in total. The molecule has 1 aromatic rings. The maximum Gasteiger partial charge on any atom is 0.303 e. The Kier molecular flexibility index (Phi) is 9.12. The molecular formula is C20H31NO4S. The molecule has 2 rings (SSSR count). The number of carboxylic acids is 1. The van der Waals surface area contributed by atoms with Crippen LogP contribution in [0.3, 0.4) is 0 Å². The second kappa shape index (κ2) is 11.3. The minimum atomic E-state index is -0.739. The maximum atomic E-state index is 12.3. The van der Waals surface area contributed by atoms with Crippen LogP contribution in [0.2, 0.25) is 0 Å². The minimum absolute atomic E-state index is 0.230. The van der Waals surface area contributed by atoms with Crippen molar-refractivity contribution in [3.05, 3.63) is 22.4 Å². The van der Waals surface area contributed by atoms with Crippen LogP contribution in [0.5, 0.6) is 0 Å². The molecule has 0 aliphatic carbocycles. The predicted molar refractivity (Wildman–Crippen MR) is 103 cm³/mol. The Morgan fingerprint density at radius 1 is 1.31 bits per heavy atom. The summed E-state index contributed by atoms with van der Waals surface area (Å²) in [6, 6.07) is 4.30. The average molecular weight is 382 g/mol. The fourth-order valence-electron chi connectivity index (χ4n) is 3.66. The molecule has 1 saturated heterocycles. The molecule has 2 heterocycles. The summed E-state index contributed by atoms with van der Waals surface area (Å²) in [5, 5.41) is 21.0. The molecule has 1 aliphatic heterocycles. The Morgan fingerprint density at radius 3 is 2.85 bits per heavy atom. The normalized spacial score (nSPS) is 18.9. The Bertz CT molecular complexity index is 546. The van der Waals surface area contributed by atoms with Gasteiger partial charge in [0.15, 0.2) is 0 Å². The highest BCUT2D eigenvalue weighted by Gasteiger charge is 2.27. The van der Waals surface area contributed by atoms with Gasteiger partial charge in [-0.25, -0.2) is 0 Å². The number of thiophene rings is 1. The number of piperidine rings is 1. The number of nitrogens with zero attached hydrogens (tertiary/aromatic N) is 1. The van der Waals surface area contributed by atoms with Crippen LogP contribution in [0.15, 0.2) is 17.5 Å². The summed E-state index contributed by atoms with van der Waals surface area (Å²) in [5.41, 5.74) is 0. The maximum absolute atomic E-state index is 12.3. The summed E-state index contributed by atoms with van der Waals surface area (Å²) in [6.45, 7) is 0.761. The lowest BCUT2D eigenvalue weighted by Gasteiger charge is -2.36. The molecule has 6 heteroatoms. The molecule has 0 bridgehead atoms. The average Bonchev–Trinajstić information content (AvgIpc) is 3.10. The van der Waals surface area contributed by atoms with Crippen LogP contribution in [0, 0.1) is 0 Å². The van der Waals surface area contributed by atoms with Gasteiger partial charge >= 0.3 is 5.97 Å². The van der Waals surface area contributed by atoms with Crippen molar-refractivity contribution in [3.8, 4) is 0 Å². The number of carboxylic acid groups (broad SMARTS) is 1. The van der Waals surface area contributed by atoms with Crippen molar-refractivity contribution in [2.45, 2.75) is 82.8 Å². The van der Waals surface area contributed by atoms with E-state index >= 15 is 0 Å². The standard InChI is InChI=1S/C20H31NO4S/c22-17(15-18-8-6-14-26-18)12-11-16-7-5-9-19(23)21(16)13-4-2-1-3-10-20(24)25/h6,8,14,16-17,22H,1-5,7,9-13,15H2,(H,24,25)/t16-,17?/m1/s1. The van der Waals surface area contributed by atoms with Crippen LogP contribution in [0.1, 0.15) is 69.1 Å². The van der Waals surface area contributed by atoms with Gasteiger partial charge in [0, 0.05) is 36.7 Å². The van der Waals surface area contributed by atoms with Gasteiger partial charge in [-0.15, -0.1) is 11.3 Å². The molecule has 2 atom stereocenters. The van der Waals surface area contributed by atoms with E-state index in [1.54, 1.807) is 11.3 Å². The molecule has 1 fully saturated rings. The number of carbonyl (C=O) groups is 2. The number of amides is 1. The number of likely N-dealkylation sites (tertiary alicyclic amines) is 1. The van der Waals surface area contributed by atoms with Gasteiger partial charge in [-0.05, 0) is 50.0 Å². The molecule has 146 valence electrons. The van der Waals surface area contributed by atoms with E-state index in [0.29, 0.717) is 19.3 Å². The van der Waals surface area contributed by atoms with Gasteiger partial charge in [-0.1, -0.05) is 18.9 Å². The first-order valence-corrected chi connectivity index (χ1v) is 10.7. The molecule has 1 aliphatic rings. The van der Waals surface area contributed by atoms with E-state index in [9.17, 15) is 14.7 Å². The molecule has 26 heavy (non-hydrogen) atoms. The minimum Gasteiger partial charge on any atom is -0.481 e. The van der Waals surface area contributed by atoms with Crippen molar-refractivity contribution in [2.24, 2.45) is 0 Å². The van der Waals surface area contributed by atoms with Crippen LogP contribution in [0.25, 0.3) is 0 Å². The molecule has 1 amide bonds. The van der Waals surface area contributed by atoms with Crippen molar-refractivity contribution >= 4 is 23.2 Å². The topological polar surface area (TPSA) is 77.8 Å². The fourth-order valence-corrected chi connectivity index (χ4v) is 4.44. The Morgan fingerprint density at radius 2 is 2.12 bits per heavy atom. The van der Waals surface area contributed by atoms with Crippen molar-refractivity contribution < 1.29 is 19.8 Å². The Labute approximate surface area is 160 Å². The highest BCUT2D eigenvalue weighted by molar-refractivity contribution is 7.09. The number of aliphatic carboxylic acids is 1. The number of carbonyl (C=O) groups excluding carboxylic acids is 1. The van der Waals surface area contributed by atoms with Gasteiger partial charge in [0.25, 0.3) is 0 Å². The lowest BCUT2D eigenvalue weighted by atomic mass is 9.95. The van der Waals surface area contributed by atoms with Crippen LogP contribution >= 0.6 is 11.3 Å². The third kappa shape index (κ3) is 7.46. The number of unbranched alkanes of at least 4 members (excludes halogenated alkanes) is 3. The van der Waals surface area contributed by atoms with E-state index in [4.69, 9.17) is 5.11 Å². The van der Waals surface area contributed by atoms with Crippen LogP contribution in [-0.2, 0) is 16.0 Å². The van der Waals surface area contributed by atoms with Gasteiger partial charge in [-0.2, -0.15) is 0 Å². The third-order valence-corrected chi connectivity index (χ3v) is 5.98. The van der Waals surface area contributed by atoms with Gasteiger partial charge in [-0.3, -0.25) is 9.59 Å². The summed E-state index contributed by atoms with van der Waals surface area (Å²) in [7, 11) is 0. The molecule has 0 spiro atoms. The summed E-state index contributed by atoms with van der Waals surface area (Å²) in [6.07, 6.45) is 8.27. The number of rotatable bonds is 12. The SMILES string of the molecule is O=C(O)CCCCCCN1C(=O)CCC[C@@H]1CCC(O)Cc1cccs1. The molecule has 0 saturated carbocycles. The molecule has 0 aromatic carbocycles. The van der Waals surface area contributed by atoms with Crippen molar-refractivity contribution in [1.29, 1.82) is 0 Å². The molecule has 5 nitrogen and oxygen atoms in total. The van der Waals surface area contributed by atoms with E-state index < -0.39 is 5.97 Å². The molecule has 0 radical (unpaired) electrons. The van der Waals surface area contributed by atoms with Crippen molar-refractivity contribution in [2.75, 3.05) is 6.54 Å². The zero-order valence-electron chi connectivity index (χ0n) is 15.4. The molecule has 1 aromatic heterocycles. The van der Waals surface area contributed by atoms with Gasteiger partial charge < -0.3 is 15.1 Å². The Hall–Kier alpha value is -1.40. The predicted octanol–water partition coefficient (Wildman–Crippen LogP) is 3.85. The van der Waals surface area contributed by atoms with E-state index in [1.807, 2.05) is 16.3 Å². The number of aliphatic hydroxyl groups excluding tert-OH is 1. The largest absolute Gasteiger partial charge is 0.481 e. The lowest BCUT2D eigenvalue weighted by molar-refractivity contribution is -0.137. The van der Waals surface area contributed by atoms with E-state index in [-0.39, 0.29) is 24.5 Å². The Balaban J connectivity index is 1.70. The van der Waals surface area contributed by atoms with Gasteiger partial charge in [0.2, 0.25) is 5.91 Å². The van der Waals surface area contributed by atoms with Crippen molar-refractivity contribution in [3.63, 3.8) is 0 Å². The smallest absolute Gasteiger partial charge is 0.303 e. The number of hydrogen-bond donors (Lipinski definition) is 2. The van der Waals surface area contributed by atoms with Gasteiger partial charge in [0.1, 0.15) is 0 Å². The molecule has 1 unspecified atom stereocenters. The highest BCUT2D eigenvalue weighted by Crippen LogP contribution is 2.24. The monoisotopic (exact) mass is 381 g/mol. The van der Waals surface area contributed by atoms with Crippen molar-refractivity contribution in [1.82, 2.24) is 4.90 Å². The van der Waals surface area contributed by atoms with Crippen LogP contribution < -0.4 is 0 Å². The highest BCUT2D eigenvalue weighted by atomic mass is 32.1. The second-order valence-corrected chi connectivity index (χ2v) is 8.24. The summed E-state index contributed by atoms with van der Waals surface area (Å²) >= 11 is 1.67. The third-order valence-electron chi connectivity index (χ3n) is 5.08. The first-order chi connectivity index (χ1) is 12.6. The van der Waals surface area contributed by atoms with E-state index in [0.717, 1.165) is 51.5 Å².